The topological polar surface area (TPSA) is 38.3 Å². The molecule has 1 amide bonds. The highest BCUT2D eigenvalue weighted by molar-refractivity contribution is 7.99. The van der Waals surface area contributed by atoms with Crippen molar-refractivity contribution in [3.63, 3.8) is 0 Å². The molecule has 0 spiro atoms. The summed E-state index contributed by atoms with van der Waals surface area (Å²) in [5, 5.41) is 2.73. The average molecular weight is 354 g/mol. The van der Waals surface area contributed by atoms with E-state index in [9.17, 15) is 4.79 Å². The molecule has 0 rings (SSSR count). The number of thioether (sulfide) groups is 1. The van der Waals surface area contributed by atoms with E-state index < -0.39 is 0 Å². The van der Waals surface area contributed by atoms with Crippen molar-refractivity contribution >= 4 is 17.9 Å². The maximum atomic E-state index is 11.1. The third-order valence-electron chi connectivity index (χ3n) is 3.46. The van der Waals surface area contributed by atoms with Crippen LogP contribution in [0, 0.1) is 0 Å². The van der Waals surface area contributed by atoms with Crippen LogP contribution in [0.3, 0.4) is 0 Å². The van der Waals surface area contributed by atoms with E-state index in [1.54, 1.807) is 0 Å². The van der Waals surface area contributed by atoms with Crippen molar-refractivity contribution in [2.75, 3.05) is 24.7 Å². The van der Waals surface area contributed by atoms with Gasteiger partial charge in [-0.15, -0.1) is 0 Å². The van der Waals surface area contributed by atoms with Crippen LogP contribution in [0.2, 0.25) is 0 Å². The quantitative estimate of drug-likeness (QED) is 0.351. The largest absolute Gasteiger partial charge is 0.450 e. The van der Waals surface area contributed by atoms with Gasteiger partial charge >= 0.3 is 6.09 Å². The van der Waals surface area contributed by atoms with Gasteiger partial charge < -0.3 is 10.1 Å². The summed E-state index contributed by atoms with van der Waals surface area (Å²) in [6.45, 7) is 11.6. The molecule has 0 aromatic carbocycles. The number of carbonyl (C=O) groups is 1. The maximum absolute atomic E-state index is 11.1. The fourth-order valence-electron chi connectivity index (χ4n) is 2.03. The minimum absolute atomic E-state index is 0.323. The third kappa shape index (κ3) is 15.7. The molecule has 0 aromatic heterocycles. The Labute approximate surface area is 153 Å². The highest BCUT2D eigenvalue weighted by atomic mass is 32.2. The van der Waals surface area contributed by atoms with Crippen LogP contribution < -0.4 is 5.32 Å². The highest BCUT2D eigenvalue weighted by Gasteiger charge is 1.98. The SMILES string of the molecule is CCOC(=O)NCCSCC=C(C)CCC=C(C)CCC=C(C)C. The molecular weight excluding hydrogens is 318 g/mol. The lowest BCUT2D eigenvalue weighted by atomic mass is 10.1. The van der Waals surface area contributed by atoms with Crippen molar-refractivity contribution in [1.82, 2.24) is 5.32 Å². The van der Waals surface area contributed by atoms with E-state index >= 15 is 0 Å². The zero-order valence-corrected chi connectivity index (χ0v) is 16.9. The Hall–Kier alpha value is -1.16. The second kappa shape index (κ2) is 15.4. The molecule has 0 aliphatic rings. The predicted octanol–water partition coefficient (Wildman–Crippen LogP) is 5.88. The summed E-state index contributed by atoms with van der Waals surface area (Å²) >= 11 is 1.83. The van der Waals surface area contributed by atoms with E-state index in [1.165, 1.54) is 16.7 Å². The fourth-order valence-corrected chi connectivity index (χ4v) is 2.85. The molecule has 0 aromatic rings. The van der Waals surface area contributed by atoms with Gasteiger partial charge in [-0.25, -0.2) is 4.79 Å². The van der Waals surface area contributed by atoms with Crippen molar-refractivity contribution in [3.8, 4) is 0 Å². The maximum Gasteiger partial charge on any atom is 0.407 e. The van der Waals surface area contributed by atoms with Crippen molar-refractivity contribution in [2.45, 2.75) is 60.3 Å². The summed E-state index contributed by atoms with van der Waals surface area (Å²) in [4.78, 5) is 11.1. The average Bonchev–Trinajstić information content (AvgIpc) is 2.50. The molecule has 0 saturated carbocycles. The molecule has 3 nitrogen and oxygen atoms in total. The number of ether oxygens (including phenoxy) is 1. The number of nitrogens with one attached hydrogen (secondary N) is 1. The Balaban J connectivity index is 3.72. The van der Waals surface area contributed by atoms with E-state index in [4.69, 9.17) is 4.74 Å². The minimum Gasteiger partial charge on any atom is -0.450 e. The number of rotatable bonds is 12. The first kappa shape index (κ1) is 22.8. The summed E-state index contributed by atoms with van der Waals surface area (Å²) in [5.41, 5.74) is 4.32. The first-order valence-corrected chi connectivity index (χ1v) is 10.0. The summed E-state index contributed by atoms with van der Waals surface area (Å²) in [6.07, 6.45) is 11.2. The molecule has 0 fully saturated rings. The minimum atomic E-state index is -0.323. The van der Waals surface area contributed by atoms with Crippen LogP contribution in [-0.4, -0.2) is 30.8 Å². The lowest BCUT2D eigenvalue weighted by Crippen LogP contribution is -2.26. The van der Waals surface area contributed by atoms with Gasteiger partial charge in [0.2, 0.25) is 0 Å². The number of amides is 1. The molecule has 0 saturated heterocycles. The van der Waals surface area contributed by atoms with Gasteiger partial charge in [-0.2, -0.15) is 11.8 Å². The molecule has 0 unspecified atom stereocenters. The summed E-state index contributed by atoms with van der Waals surface area (Å²) < 4.78 is 4.81. The van der Waals surface area contributed by atoms with Gasteiger partial charge in [0.15, 0.2) is 0 Å². The Morgan fingerprint density at radius 2 is 1.62 bits per heavy atom. The van der Waals surface area contributed by atoms with Crippen molar-refractivity contribution in [1.29, 1.82) is 0 Å². The predicted molar refractivity (Wildman–Crippen MR) is 108 cm³/mol. The molecule has 0 heterocycles. The second-order valence-electron chi connectivity index (χ2n) is 6.18. The van der Waals surface area contributed by atoms with Crippen molar-refractivity contribution in [2.24, 2.45) is 0 Å². The molecule has 0 aliphatic heterocycles. The van der Waals surface area contributed by atoms with Crippen LogP contribution in [0.5, 0.6) is 0 Å². The first-order valence-electron chi connectivity index (χ1n) is 8.88. The second-order valence-corrected chi connectivity index (χ2v) is 7.33. The fraction of sp³-hybridized carbons (Fsp3) is 0.650. The van der Waals surface area contributed by atoms with Gasteiger partial charge in [0.25, 0.3) is 0 Å². The summed E-state index contributed by atoms with van der Waals surface area (Å²) in [6, 6.07) is 0. The molecular formula is C20H35NO2S. The molecule has 0 atom stereocenters. The first-order chi connectivity index (χ1) is 11.5. The normalized spacial score (nSPS) is 12.0. The van der Waals surface area contributed by atoms with Crippen LogP contribution in [0.1, 0.15) is 60.3 Å². The van der Waals surface area contributed by atoms with Crippen molar-refractivity contribution < 1.29 is 9.53 Å². The molecule has 0 aliphatic carbocycles. The molecule has 0 bridgehead atoms. The molecule has 1 N–H and O–H groups in total. The third-order valence-corrected chi connectivity index (χ3v) is 4.36. The lowest BCUT2D eigenvalue weighted by Gasteiger charge is -2.04. The van der Waals surface area contributed by atoms with E-state index in [0.29, 0.717) is 13.2 Å². The Morgan fingerprint density at radius 1 is 1.00 bits per heavy atom. The van der Waals surface area contributed by atoms with E-state index in [-0.39, 0.29) is 6.09 Å². The molecule has 0 radical (unpaired) electrons. The zero-order valence-electron chi connectivity index (χ0n) is 16.1. The van der Waals surface area contributed by atoms with Crippen LogP contribution in [-0.2, 0) is 4.74 Å². The van der Waals surface area contributed by atoms with Crippen LogP contribution in [0.15, 0.2) is 34.9 Å². The van der Waals surface area contributed by atoms with Gasteiger partial charge in [0, 0.05) is 18.1 Å². The van der Waals surface area contributed by atoms with E-state index in [0.717, 1.165) is 37.2 Å². The van der Waals surface area contributed by atoms with Gasteiger partial charge in [0.05, 0.1) is 6.61 Å². The molecule has 138 valence electrons. The van der Waals surface area contributed by atoms with Crippen LogP contribution in [0.4, 0.5) is 4.79 Å². The number of hydrogen-bond donors (Lipinski definition) is 1. The summed E-state index contributed by atoms with van der Waals surface area (Å²) in [5.74, 6) is 1.91. The standard InChI is InChI=1S/C20H35NO2S/c1-6-23-20(22)21-14-16-24-15-13-19(5)12-8-11-18(4)10-7-9-17(2)3/h9,11,13H,6-8,10,12,14-16H2,1-5H3,(H,21,22). The number of allylic oxidation sites excluding steroid dienone is 5. The zero-order chi connectivity index (χ0) is 18.2. The molecule has 4 heteroatoms. The Bertz CT molecular complexity index is 435. The van der Waals surface area contributed by atoms with Gasteiger partial charge in [0.1, 0.15) is 0 Å². The monoisotopic (exact) mass is 353 g/mol. The van der Waals surface area contributed by atoms with Crippen molar-refractivity contribution in [3.05, 3.63) is 34.9 Å². The van der Waals surface area contributed by atoms with Crippen LogP contribution >= 0.6 is 11.8 Å². The van der Waals surface area contributed by atoms with E-state index in [2.05, 4.69) is 51.2 Å². The van der Waals surface area contributed by atoms with E-state index in [1.807, 2.05) is 18.7 Å². The molecule has 24 heavy (non-hydrogen) atoms. The number of alkyl carbamates (subject to hydrolysis) is 1. The lowest BCUT2D eigenvalue weighted by molar-refractivity contribution is 0.153. The highest BCUT2D eigenvalue weighted by Crippen LogP contribution is 2.12. The van der Waals surface area contributed by atoms with Gasteiger partial charge in [-0.1, -0.05) is 34.9 Å². The Morgan fingerprint density at radius 3 is 2.25 bits per heavy atom. The van der Waals surface area contributed by atoms with Crippen LogP contribution in [0.25, 0.3) is 0 Å². The van der Waals surface area contributed by atoms with Gasteiger partial charge in [-0.05, 0) is 60.3 Å². The Kier molecular flexibility index (Phi) is 14.6. The van der Waals surface area contributed by atoms with Gasteiger partial charge in [-0.3, -0.25) is 0 Å². The summed E-state index contributed by atoms with van der Waals surface area (Å²) in [7, 11) is 0. The number of carbonyl (C=O) groups excluding carboxylic acids is 1. The number of hydrogen-bond acceptors (Lipinski definition) is 3. The smallest absolute Gasteiger partial charge is 0.407 e.